The van der Waals surface area contributed by atoms with Crippen molar-refractivity contribution in [2.24, 2.45) is 0 Å². The molecule has 0 aliphatic carbocycles. The highest BCUT2D eigenvalue weighted by Crippen LogP contribution is 2.41. The molecule has 0 aromatic heterocycles. The van der Waals surface area contributed by atoms with Gasteiger partial charge in [0.1, 0.15) is 0 Å². The number of anilines is 9. The van der Waals surface area contributed by atoms with Crippen molar-refractivity contribution in [3.63, 3.8) is 0 Å². The van der Waals surface area contributed by atoms with Crippen LogP contribution in [-0.4, -0.2) is 0 Å². The second-order valence-electron chi connectivity index (χ2n) is 16.9. The van der Waals surface area contributed by atoms with E-state index in [2.05, 4.69) is 269 Å². The summed E-state index contributed by atoms with van der Waals surface area (Å²) in [4.78, 5) is 7.03. The summed E-state index contributed by atoms with van der Waals surface area (Å²) in [5, 5.41) is 0. The molecule has 0 N–H and O–H groups in total. The van der Waals surface area contributed by atoms with Crippen LogP contribution in [-0.2, 0) is 0 Å². The molecule has 0 heterocycles. The van der Waals surface area contributed by atoms with Crippen LogP contribution in [0.5, 0.6) is 0 Å². The molecule has 0 bridgehead atoms. The fourth-order valence-corrected chi connectivity index (χ4v) is 8.70. The predicted octanol–water partition coefficient (Wildman–Crippen LogP) is 17.3. The Labute approximate surface area is 373 Å². The standard InChI is InChI=1S/C60H53N3/c1-42-11-7-15-56(36-42)62(57-16-8-12-43(2)37-57)54-31-23-50(24-32-54)48-19-27-52(28-20-48)61(60-40-46(5)35-47(6)41-60)53-29-21-49(22-30-53)51-25-33-55(34-26-51)63(58-17-9-13-44(3)38-58)59-18-10-14-45(4)39-59/h7-41H,1-6H3. The molecular weight excluding hydrogens is 763 g/mol. The van der Waals surface area contributed by atoms with E-state index in [1.54, 1.807) is 0 Å². The first kappa shape index (κ1) is 40.8. The Kier molecular flexibility index (Phi) is 11.5. The minimum absolute atomic E-state index is 1.11. The molecule has 0 atom stereocenters. The van der Waals surface area contributed by atoms with Crippen molar-refractivity contribution >= 4 is 51.2 Å². The lowest BCUT2D eigenvalue weighted by molar-refractivity contribution is 1.25. The minimum atomic E-state index is 1.11. The van der Waals surface area contributed by atoms with E-state index in [-0.39, 0.29) is 0 Å². The zero-order chi connectivity index (χ0) is 43.5. The fraction of sp³-hybridized carbons (Fsp3) is 0.100. The summed E-state index contributed by atoms with van der Waals surface area (Å²) in [5.74, 6) is 0. The maximum Gasteiger partial charge on any atom is 0.0466 e. The van der Waals surface area contributed by atoms with Crippen LogP contribution >= 0.6 is 0 Å². The van der Waals surface area contributed by atoms with Crippen LogP contribution in [0.4, 0.5) is 51.2 Å². The third kappa shape index (κ3) is 9.05. The van der Waals surface area contributed by atoms with Crippen molar-refractivity contribution in [1.82, 2.24) is 0 Å². The number of aryl methyl sites for hydroxylation is 6. The molecule has 63 heavy (non-hydrogen) atoms. The SMILES string of the molecule is Cc1cccc(N(c2ccc(-c3ccc(N(c4ccc(-c5ccc(N(c6cccc(C)c6)c6cccc(C)c6)cc5)cc4)c4cc(C)cc(C)c4)cc3)cc2)c2cccc(C)c2)c1. The molecule has 0 fully saturated rings. The Morgan fingerprint density at radius 3 is 0.651 bits per heavy atom. The largest absolute Gasteiger partial charge is 0.310 e. The van der Waals surface area contributed by atoms with Gasteiger partial charge >= 0.3 is 0 Å². The number of hydrogen-bond donors (Lipinski definition) is 0. The minimum Gasteiger partial charge on any atom is -0.310 e. The van der Waals surface area contributed by atoms with Crippen LogP contribution in [0.3, 0.4) is 0 Å². The van der Waals surface area contributed by atoms with Gasteiger partial charge in [-0.2, -0.15) is 0 Å². The van der Waals surface area contributed by atoms with Crippen LogP contribution in [0.15, 0.2) is 212 Å². The summed E-state index contributed by atoms with van der Waals surface area (Å²) in [7, 11) is 0. The van der Waals surface area contributed by atoms with Crippen molar-refractivity contribution in [1.29, 1.82) is 0 Å². The van der Waals surface area contributed by atoms with Gasteiger partial charge in [-0.15, -0.1) is 0 Å². The first-order chi connectivity index (χ1) is 30.6. The lowest BCUT2D eigenvalue weighted by atomic mass is 10.0. The molecule has 0 amide bonds. The van der Waals surface area contributed by atoms with Crippen LogP contribution < -0.4 is 14.7 Å². The molecule has 0 spiro atoms. The summed E-state index contributed by atoms with van der Waals surface area (Å²) in [6.07, 6.45) is 0. The van der Waals surface area contributed by atoms with Crippen LogP contribution in [0.1, 0.15) is 33.4 Å². The van der Waals surface area contributed by atoms with Gasteiger partial charge in [0.25, 0.3) is 0 Å². The van der Waals surface area contributed by atoms with E-state index in [1.165, 1.54) is 55.6 Å². The van der Waals surface area contributed by atoms with Crippen molar-refractivity contribution < 1.29 is 0 Å². The second-order valence-corrected chi connectivity index (χ2v) is 16.9. The maximum atomic E-state index is 2.36. The summed E-state index contributed by atoms with van der Waals surface area (Å²) in [5.41, 5.74) is 22.3. The molecular formula is C60H53N3. The number of hydrogen-bond acceptors (Lipinski definition) is 3. The lowest BCUT2D eigenvalue weighted by Gasteiger charge is -2.27. The first-order valence-corrected chi connectivity index (χ1v) is 21.8. The molecule has 0 saturated heterocycles. The zero-order valence-electron chi connectivity index (χ0n) is 37.0. The van der Waals surface area contributed by atoms with E-state index in [0.29, 0.717) is 0 Å². The summed E-state index contributed by atoms with van der Waals surface area (Å²) >= 11 is 0. The Morgan fingerprint density at radius 1 is 0.190 bits per heavy atom. The van der Waals surface area contributed by atoms with Crippen LogP contribution in [0, 0.1) is 41.5 Å². The van der Waals surface area contributed by atoms with E-state index >= 15 is 0 Å². The third-order valence-electron chi connectivity index (χ3n) is 11.7. The van der Waals surface area contributed by atoms with Crippen molar-refractivity contribution in [3.05, 3.63) is 246 Å². The van der Waals surface area contributed by atoms with Gasteiger partial charge in [0.2, 0.25) is 0 Å². The monoisotopic (exact) mass is 815 g/mol. The van der Waals surface area contributed by atoms with E-state index in [4.69, 9.17) is 0 Å². The molecule has 9 aromatic carbocycles. The van der Waals surface area contributed by atoms with E-state index in [1.807, 2.05) is 0 Å². The molecule has 0 saturated carbocycles. The van der Waals surface area contributed by atoms with Crippen molar-refractivity contribution in [2.45, 2.75) is 41.5 Å². The molecule has 0 aliphatic heterocycles. The molecule has 3 nitrogen and oxygen atoms in total. The summed E-state index contributed by atoms with van der Waals surface area (Å²) < 4.78 is 0. The lowest BCUT2D eigenvalue weighted by Crippen LogP contribution is -2.10. The molecule has 0 radical (unpaired) electrons. The Morgan fingerprint density at radius 2 is 0.413 bits per heavy atom. The van der Waals surface area contributed by atoms with Gasteiger partial charge in [-0.1, -0.05) is 103 Å². The van der Waals surface area contributed by atoms with Crippen molar-refractivity contribution in [3.8, 4) is 22.3 Å². The first-order valence-electron chi connectivity index (χ1n) is 21.8. The average Bonchev–Trinajstić information content (AvgIpc) is 3.28. The fourth-order valence-electron chi connectivity index (χ4n) is 8.70. The van der Waals surface area contributed by atoms with Gasteiger partial charge in [0.05, 0.1) is 0 Å². The summed E-state index contributed by atoms with van der Waals surface area (Å²) in [6.45, 7) is 12.9. The molecule has 0 aliphatic rings. The molecule has 3 heteroatoms. The van der Waals surface area contributed by atoms with Crippen LogP contribution in [0.25, 0.3) is 22.3 Å². The highest BCUT2D eigenvalue weighted by Gasteiger charge is 2.17. The molecule has 308 valence electrons. The highest BCUT2D eigenvalue weighted by atomic mass is 15.2. The van der Waals surface area contributed by atoms with Gasteiger partial charge in [0, 0.05) is 51.2 Å². The van der Waals surface area contributed by atoms with Gasteiger partial charge < -0.3 is 14.7 Å². The van der Waals surface area contributed by atoms with Crippen molar-refractivity contribution in [2.75, 3.05) is 14.7 Å². The Balaban J connectivity index is 1.00. The number of rotatable bonds is 11. The van der Waals surface area contributed by atoms with Crippen LogP contribution in [0.2, 0.25) is 0 Å². The van der Waals surface area contributed by atoms with E-state index < -0.39 is 0 Å². The highest BCUT2D eigenvalue weighted by molar-refractivity contribution is 5.83. The zero-order valence-corrected chi connectivity index (χ0v) is 37.0. The second kappa shape index (κ2) is 17.8. The topological polar surface area (TPSA) is 9.72 Å². The Bertz CT molecular complexity index is 2710. The smallest absolute Gasteiger partial charge is 0.0466 e. The maximum absolute atomic E-state index is 2.36. The van der Waals surface area contributed by atoms with Gasteiger partial charge in [-0.25, -0.2) is 0 Å². The van der Waals surface area contributed by atoms with E-state index in [0.717, 1.165) is 51.2 Å². The van der Waals surface area contributed by atoms with Gasteiger partial charge in [-0.05, 0) is 206 Å². The van der Waals surface area contributed by atoms with Gasteiger partial charge in [-0.3, -0.25) is 0 Å². The number of nitrogens with zero attached hydrogens (tertiary/aromatic N) is 3. The van der Waals surface area contributed by atoms with Gasteiger partial charge in [0.15, 0.2) is 0 Å². The molecule has 0 unspecified atom stereocenters. The Hall–Kier alpha value is -7.62. The van der Waals surface area contributed by atoms with E-state index in [9.17, 15) is 0 Å². The molecule has 9 aromatic rings. The normalized spacial score (nSPS) is 11.0. The quantitative estimate of drug-likeness (QED) is 0.129. The summed E-state index contributed by atoms with van der Waals surface area (Å²) in [6, 6.07) is 77.4. The predicted molar refractivity (Wildman–Crippen MR) is 270 cm³/mol. The molecule has 9 rings (SSSR count). The third-order valence-corrected chi connectivity index (χ3v) is 11.7. The number of benzene rings is 9. The average molecular weight is 816 g/mol.